The van der Waals surface area contributed by atoms with Gasteiger partial charge in [0.25, 0.3) is 0 Å². The molecule has 0 aromatic carbocycles. The molecule has 190 valence electrons. The minimum absolute atomic E-state index is 0.0136. The quantitative estimate of drug-likeness (QED) is 0.359. The summed E-state index contributed by atoms with van der Waals surface area (Å²) in [4.78, 5) is 32.8. The van der Waals surface area contributed by atoms with Crippen molar-refractivity contribution in [2.24, 2.45) is 38.8 Å². The van der Waals surface area contributed by atoms with Crippen LogP contribution in [0.25, 0.3) is 0 Å². The monoisotopic (exact) mass is 482 g/mol. The maximum atomic E-state index is 13.5. The molecule has 1 heterocycles. The average Bonchev–Trinajstić information content (AvgIpc) is 3.21. The van der Waals surface area contributed by atoms with Gasteiger partial charge in [-0.3, -0.25) is 9.79 Å². The summed E-state index contributed by atoms with van der Waals surface area (Å²) in [5.74, 6) is -0.528. The van der Waals surface area contributed by atoms with E-state index in [0.717, 1.165) is 50.6 Å². The summed E-state index contributed by atoms with van der Waals surface area (Å²) < 4.78 is 0. The summed E-state index contributed by atoms with van der Waals surface area (Å²) in [5.41, 5.74) is 4.50. The predicted octanol–water partition coefficient (Wildman–Crippen LogP) is 2.19. The number of carbonyl (C=O) groups is 2. The molecule has 2 spiro atoms. The number of aliphatic carboxylic acids is 1. The van der Waals surface area contributed by atoms with Crippen LogP contribution in [0.3, 0.4) is 0 Å². The van der Waals surface area contributed by atoms with Gasteiger partial charge in [0.05, 0.1) is 5.57 Å². The first-order valence-electron chi connectivity index (χ1n) is 13.3. The molecule has 0 aromatic rings. The van der Waals surface area contributed by atoms with Gasteiger partial charge in [-0.05, 0) is 81.2 Å². The highest BCUT2D eigenvalue weighted by Gasteiger charge is 2.83. The highest BCUT2D eigenvalue weighted by Crippen LogP contribution is 2.85. The van der Waals surface area contributed by atoms with Crippen molar-refractivity contribution in [2.45, 2.75) is 75.9 Å². The molecule has 0 saturated heterocycles. The number of ketones is 1. The summed E-state index contributed by atoms with van der Waals surface area (Å²) in [6.07, 6.45) is 12.1. The molecule has 7 atom stereocenters. The fourth-order valence-corrected chi connectivity index (χ4v) is 10.5. The van der Waals surface area contributed by atoms with Gasteiger partial charge >= 0.3 is 5.97 Å². The molecule has 1 aliphatic heterocycles. The lowest BCUT2D eigenvalue weighted by atomic mass is 9.34. The van der Waals surface area contributed by atoms with E-state index < -0.39 is 17.0 Å². The lowest BCUT2D eigenvalue weighted by Gasteiger charge is -2.72. The van der Waals surface area contributed by atoms with Crippen LogP contribution in [0.1, 0.15) is 64.2 Å². The molecule has 4 saturated carbocycles. The van der Waals surface area contributed by atoms with Crippen LogP contribution < -0.4 is 11.1 Å². The molecule has 0 aromatic heterocycles. The molecule has 5 bridgehead atoms. The fourth-order valence-electron chi connectivity index (χ4n) is 10.5. The second kappa shape index (κ2) is 7.42. The van der Waals surface area contributed by atoms with Crippen LogP contribution in [-0.4, -0.2) is 65.1 Å². The Bertz CT molecular complexity index is 1080. The van der Waals surface area contributed by atoms with Gasteiger partial charge < -0.3 is 26.2 Å². The molecule has 5 aliphatic carbocycles. The van der Waals surface area contributed by atoms with E-state index in [1.807, 2.05) is 7.05 Å². The minimum atomic E-state index is -1.91. The van der Waals surface area contributed by atoms with Gasteiger partial charge in [0.2, 0.25) is 0 Å². The van der Waals surface area contributed by atoms with Crippen molar-refractivity contribution >= 4 is 17.7 Å². The van der Waals surface area contributed by atoms with Gasteiger partial charge in [-0.2, -0.15) is 0 Å². The molecule has 8 heteroatoms. The second-order valence-corrected chi connectivity index (χ2v) is 11.9. The largest absolute Gasteiger partial charge is 0.478 e. The smallest absolute Gasteiger partial charge is 0.334 e. The Labute approximate surface area is 206 Å². The molecular weight excluding hydrogens is 444 g/mol. The lowest BCUT2D eigenvalue weighted by Crippen LogP contribution is -2.72. The lowest BCUT2D eigenvalue weighted by molar-refractivity contribution is -0.213. The zero-order valence-corrected chi connectivity index (χ0v) is 20.8. The van der Waals surface area contributed by atoms with Crippen molar-refractivity contribution in [3.63, 3.8) is 0 Å². The van der Waals surface area contributed by atoms with Gasteiger partial charge in [0.1, 0.15) is 0 Å². The van der Waals surface area contributed by atoms with Crippen LogP contribution in [0.5, 0.6) is 0 Å². The van der Waals surface area contributed by atoms with Crippen LogP contribution in [0.2, 0.25) is 0 Å². The van der Waals surface area contributed by atoms with Crippen LogP contribution >= 0.6 is 0 Å². The van der Waals surface area contributed by atoms with E-state index >= 15 is 0 Å². The minimum Gasteiger partial charge on any atom is -0.478 e. The highest BCUT2D eigenvalue weighted by atomic mass is 16.4. The number of nitrogens with zero attached hydrogens (tertiary/aromatic N) is 2. The predicted molar refractivity (Wildman–Crippen MR) is 131 cm³/mol. The Kier molecular flexibility index (Phi) is 4.92. The number of carboxylic acid groups (broad SMARTS) is 1. The highest BCUT2D eigenvalue weighted by molar-refractivity contribution is 6.04. The van der Waals surface area contributed by atoms with E-state index in [1.165, 1.54) is 0 Å². The molecular formula is C27H38N4O4. The van der Waals surface area contributed by atoms with Gasteiger partial charge in [-0.1, -0.05) is 12.5 Å². The zero-order valence-electron chi connectivity index (χ0n) is 20.8. The number of carbonyl (C=O) groups excluding carboxylic acids is 1. The van der Waals surface area contributed by atoms with Crippen LogP contribution in [0, 0.1) is 28.1 Å². The van der Waals surface area contributed by atoms with Crippen molar-refractivity contribution < 1.29 is 19.8 Å². The first-order valence-corrected chi connectivity index (χ1v) is 13.3. The van der Waals surface area contributed by atoms with Crippen LogP contribution in [0.4, 0.5) is 0 Å². The number of fused-ring (bicyclic) bond motifs is 1. The molecule has 7 unspecified atom stereocenters. The number of aliphatic imine (C=N–C) groups is 1. The molecule has 0 amide bonds. The normalized spacial score (nSPS) is 46.3. The first kappa shape index (κ1) is 23.2. The topological polar surface area (TPSA) is 128 Å². The number of aliphatic hydroxyl groups is 1. The maximum Gasteiger partial charge on any atom is 0.334 e. The molecule has 4 fully saturated rings. The molecule has 5 N–H and O–H groups in total. The third-order valence-corrected chi connectivity index (χ3v) is 11.3. The Morgan fingerprint density at radius 2 is 2.06 bits per heavy atom. The van der Waals surface area contributed by atoms with Gasteiger partial charge in [-0.15, -0.1) is 0 Å². The van der Waals surface area contributed by atoms with Crippen molar-refractivity contribution in [3.8, 4) is 0 Å². The molecule has 35 heavy (non-hydrogen) atoms. The van der Waals surface area contributed by atoms with Gasteiger partial charge in [-0.25, -0.2) is 4.79 Å². The average molecular weight is 483 g/mol. The summed E-state index contributed by atoms with van der Waals surface area (Å²) in [6.45, 7) is 0.764. The fraction of sp³-hybridized carbons (Fsp3) is 0.741. The number of nitrogens with two attached hydrogens (primary N) is 1. The summed E-state index contributed by atoms with van der Waals surface area (Å²) in [7, 11) is 3.67. The molecule has 6 rings (SSSR count). The van der Waals surface area contributed by atoms with Crippen molar-refractivity contribution in [3.05, 3.63) is 23.4 Å². The number of carboxylic acids is 1. The van der Waals surface area contributed by atoms with Crippen molar-refractivity contribution in [2.75, 3.05) is 20.6 Å². The number of guanidine groups is 1. The Morgan fingerprint density at radius 3 is 2.77 bits per heavy atom. The van der Waals surface area contributed by atoms with Crippen molar-refractivity contribution in [1.82, 2.24) is 10.2 Å². The second-order valence-electron chi connectivity index (χ2n) is 11.9. The molecule has 8 nitrogen and oxygen atoms in total. The number of nitrogens with one attached hydrogen (secondary N) is 1. The van der Waals surface area contributed by atoms with E-state index in [9.17, 15) is 19.8 Å². The zero-order chi connectivity index (χ0) is 24.8. The summed E-state index contributed by atoms with van der Waals surface area (Å²) >= 11 is 0. The number of hydrogen-bond acceptors (Lipinski definition) is 5. The third-order valence-electron chi connectivity index (χ3n) is 11.3. The molecule has 6 aliphatic rings. The van der Waals surface area contributed by atoms with Gasteiger partial charge in [0.15, 0.2) is 17.3 Å². The Hall–Kier alpha value is -2.19. The molecule has 0 radical (unpaired) electrons. The van der Waals surface area contributed by atoms with E-state index in [0.29, 0.717) is 18.8 Å². The maximum absolute atomic E-state index is 13.5. The van der Waals surface area contributed by atoms with E-state index in [2.05, 4.69) is 27.5 Å². The van der Waals surface area contributed by atoms with Crippen LogP contribution in [-0.2, 0) is 9.59 Å². The number of allylic oxidation sites excluding steroid dienone is 1. The number of hydrogen-bond donors (Lipinski definition) is 4. The van der Waals surface area contributed by atoms with Crippen LogP contribution in [0.15, 0.2) is 28.4 Å². The van der Waals surface area contributed by atoms with Gasteiger partial charge in [0, 0.05) is 43.1 Å². The van der Waals surface area contributed by atoms with E-state index in [-0.39, 0.29) is 52.9 Å². The third kappa shape index (κ3) is 2.43. The SMILES string of the molecule is CN=C(N)N1C=CC(CNC)C23C4CCC5(CCCCC(=O)C6(O)CC52C(=C6C(=O)O)C4)CCC13. The van der Waals surface area contributed by atoms with E-state index in [4.69, 9.17) is 5.73 Å². The van der Waals surface area contributed by atoms with Crippen molar-refractivity contribution in [1.29, 1.82) is 0 Å². The Balaban J connectivity index is 1.71. The number of Topliss-reactive ketones (excluding diaryl/α,β-unsaturated/α-hetero) is 1. The summed E-state index contributed by atoms with van der Waals surface area (Å²) in [5, 5.41) is 26.0. The summed E-state index contributed by atoms with van der Waals surface area (Å²) in [6, 6.07) is 0.0544. The van der Waals surface area contributed by atoms with E-state index in [1.54, 1.807) is 7.05 Å². The Morgan fingerprint density at radius 1 is 1.29 bits per heavy atom. The standard InChI is InChI=1S/C27H38N4O4/c1-29-14-17-8-12-31(23(28)30-2)19-7-11-24-9-4-3-5-20(32)25(35)15-26(24)18(21(25)22(33)34)13-16(6-10-24)27(17,19)26/h8,12,16-17,19,29,35H,3-7,9-11,13-15H2,1-2H3,(H2,28,30)(H,33,34). The first-order chi connectivity index (χ1) is 16.7. The number of rotatable bonds is 3.